The highest BCUT2D eigenvalue weighted by molar-refractivity contribution is 6.44. The van der Waals surface area contributed by atoms with E-state index in [1.807, 2.05) is 5.32 Å². The molecule has 0 bridgehead atoms. The van der Waals surface area contributed by atoms with E-state index in [-0.39, 0.29) is 18.9 Å². The molecule has 2 N–H and O–H groups in total. The lowest BCUT2D eigenvalue weighted by Crippen LogP contribution is -2.34. The van der Waals surface area contributed by atoms with Crippen LogP contribution < -0.4 is 10.6 Å². The molecule has 0 radical (unpaired) electrons. The fraction of sp³-hybridized carbons (Fsp3) is 0.429. The van der Waals surface area contributed by atoms with Gasteiger partial charge in [-0.1, -0.05) is 0 Å². The summed E-state index contributed by atoms with van der Waals surface area (Å²) in [6, 6.07) is -0.774. The molecule has 14 heavy (non-hydrogen) atoms. The lowest BCUT2D eigenvalue weighted by atomic mass is 10.3. The molecule has 1 aliphatic heterocycles. The predicted octanol–water partition coefficient (Wildman–Crippen LogP) is -1.80. The zero-order valence-corrected chi connectivity index (χ0v) is 7.49. The maximum atomic E-state index is 11.0. The van der Waals surface area contributed by atoms with Gasteiger partial charge in [-0.15, -0.1) is 0 Å². The Morgan fingerprint density at radius 2 is 2.07 bits per heavy atom. The van der Waals surface area contributed by atoms with Crippen molar-refractivity contribution in [2.45, 2.75) is 6.42 Å². The van der Waals surface area contributed by atoms with E-state index in [1.54, 1.807) is 0 Å². The molecule has 0 aromatic heterocycles. The van der Waals surface area contributed by atoms with Gasteiger partial charge in [0, 0.05) is 20.0 Å². The van der Waals surface area contributed by atoms with E-state index in [4.69, 9.17) is 0 Å². The molecular weight excluding hydrogens is 190 g/mol. The molecule has 0 aromatic rings. The maximum Gasteiger partial charge on any atom is 0.331 e. The fourth-order valence-electron chi connectivity index (χ4n) is 0.974. The topological polar surface area (TPSA) is 95.6 Å². The summed E-state index contributed by atoms with van der Waals surface area (Å²) in [5.41, 5.74) is 0. The number of urea groups is 1. The molecular formula is C7H9N3O4. The number of hydrogen-bond donors (Lipinski definition) is 2. The Morgan fingerprint density at radius 1 is 1.43 bits per heavy atom. The van der Waals surface area contributed by atoms with Gasteiger partial charge in [0.2, 0.25) is 5.91 Å². The minimum absolute atomic E-state index is 0.0110. The summed E-state index contributed by atoms with van der Waals surface area (Å²) in [5.74, 6) is -2.17. The Hall–Kier alpha value is -1.92. The number of hydrogen-bond acceptors (Lipinski definition) is 4. The smallest absolute Gasteiger partial charge is 0.331 e. The van der Waals surface area contributed by atoms with Crippen molar-refractivity contribution < 1.29 is 19.2 Å². The summed E-state index contributed by atoms with van der Waals surface area (Å²) in [6.07, 6.45) is -0.0110. The van der Waals surface area contributed by atoms with Gasteiger partial charge in [-0.2, -0.15) is 0 Å². The SMILES string of the molecule is CNC(=O)CCN1C(=O)NC(=O)C1=O. The quantitative estimate of drug-likeness (QED) is 0.414. The van der Waals surface area contributed by atoms with Gasteiger partial charge in [-0.05, 0) is 0 Å². The van der Waals surface area contributed by atoms with Gasteiger partial charge in [0.05, 0.1) is 0 Å². The van der Waals surface area contributed by atoms with E-state index >= 15 is 0 Å². The normalized spacial score (nSPS) is 15.8. The Labute approximate surface area is 79.4 Å². The standard InChI is InChI=1S/C7H9N3O4/c1-8-4(11)2-3-10-6(13)5(12)9-7(10)14/h2-3H2,1H3,(H,8,11)(H,9,12,14). The summed E-state index contributed by atoms with van der Waals surface area (Å²) in [5, 5.41) is 4.16. The molecule has 7 nitrogen and oxygen atoms in total. The van der Waals surface area contributed by atoms with Gasteiger partial charge in [0.1, 0.15) is 0 Å². The van der Waals surface area contributed by atoms with Crippen LogP contribution in [0.4, 0.5) is 4.79 Å². The van der Waals surface area contributed by atoms with Crippen LogP contribution in [0.25, 0.3) is 0 Å². The van der Waals surface area contributed by atoms with E-state index in [0.29, 0.717) is 4.90 Å². The Balaban J connectivity index is 2.53. The van der Waals surface area contributed by atoms with Gasteiger partial charge >= 0.3 is 17.8 Å². The molecule has 0 aromatic carbocycles. The minimum atomic E-state index is -0.952. The van der Waals surface area contributed by atoms with Crippen LogP contribution in [-0.4, -0.2) is 42.2 Å². The number of carbonyl (C=O) groups excluding carboxylic acids is 4. The lowest BCUT2D eigenvalue weighted by molar-refractivity contribution is -0.140. The molecule has 1 saturated heterocycles. The molecule has 76 valence electrons. The first kappa shape index (κ1) is 10.2. The van der Waals surface area contributed by atoms with E-state index in [9.17, 15) is 19.2 Å². The van der Waals surface area contributed by atoms with E-state index in [1.165, 1.54) is 7.05 Å². The molecule has 0 spiro atoms. The first-order chi connectivity index (χ1) is 6.56. The third-order valence-corrected chi connectivity index (χ3v) is 1.75. The molecule has 1 aliphatic rings. The zero-order chi connectivity index (χ0) is 10.7. The van der Waals surface area contributed by atoms with Gasteiger partial charge < -0.3 is 5.32 Å². The number of amides is 5. The molecule has 5 amide bonds. The zero-order valence-electron chi connectivity index (χ0n) is 7.49. The molecule has 1 heterocycles. The van der Waals surface area contributed by atoms with Crippen LogP contribution in [0, 0.1) is 0 Å². The molecule has 7 heteroatoms. The second-order valence-corrected chi connectivity index (χ2v) is 2.64. The summed E-state index contributed by atoms with van der Waals surface area (Å²) in [6.45, 7) is -0.0872. The highest BCUT2D eigenvalue weighted by Gasteiger charge is 2.36. The predicted molar refractivity (Wildman–Crippen MR) is 43.9 cm³/mol. The highest BCUT2D eigenvalue weighted by atomic mass is 16.2. The van der Waals surface area contributed by atoms with Crippen LogP contribution >= 0.6 is 0 Å². The van der Waals surface area contributed by atoms with Crippen LogP contribution in [0.15, 0.2) is 0 Å². The third-order valence-electron chi connectivity index (χ3n) is 1.75. The van der Waals surface area contributed by atoms with Gasteiger partial charge in [0.15, 0.2) is 0 Å². The number of nitrogens with one attached hydrogen (secondary N) is 2. The Morgan fingerprint density at radius 3 is 2.50 bits per heavy atom. The Bertz CT molecular complexity index is 312. The van der Waals surface area contributed by atoms with Crippen molar-refractivity contribution in [2.24, 2.45) is 0 Å². The van der Waals surface area contributed by atoms with E-state index in [2.05, 4.69) is 5.32 Å². The van der Waals surface area contributed by atoms with Gasteiger partial charge in [-0.3, -0.25) is 24.6 Å². The van der Waals surface area contributed by atoms with Gasteiger partial charge in [-0.25, -0.2) is 4.79 Å². The average molecular weight is 199 g/mol. The number of carbonyl (C=O) groups is 4. The highest BCUT2D eigenvalue weighted by Crippen LogP contribution is 2.01. The van der Waals surface area contributed by atoms with Crippen LogP contribution in [0.2, 0.25) is 0 Å². The largest absolute Gasteiger partial charge is 0.359 e. The second kappa shape index (κ2) is 3.86. The Kier molecular flexibility index (Phi) is 2.80. The van der Waals surface area contributed by atoms with Crippen LogP contribution in [0.5, 0.6) is 0 Å². The van der Waals surface area contributed by atoms with Gasteiger partial charge in [0.25, 0.3) is 0 Å². The summed E-state index contributed by atoms with van der Waals surface area (Å²) in [4.78, 5) is 44.1. The van der Waals surface area contributed by atoms with Crippen molar-refractivity contribution in [1.29, 1.82) is 0 Å². The van der Waals surface area contributed by atoms with Crippen LogP contribution in [0.1, 0.15) is 6.42 Å². The summed E-state index contributed by atoms with van der Waals surface area (Å²) < 4.78 is 0. The number of rotatable bonds is 3. The summed E-state index contributed by atoms with van der Waals surface area (Å²) >= 11 is 0. The molecule has 0 saturated carbocycles. The summed E-state index contributed by atoms with van der Waals surface area (Å²) in [7, 11) is 1.44. The lowest BCUT2D eigenvalue weighted by Gasteiger charge is -2.09. The van der Waals surface area contributed by atoms with Crippen molar-refractivity contribution in [1.82, 2.24) is 15.5 Å². The average Bonchev–Trinajstić information content (AvgIpc) is 2.39. The van der Waals surface area contributed by atoms with Crippen molar-refractivity contribution in [3.05, 3.63) is 0 Å². The molecule has 0 unspecified atom stereocenters. The molecule has 1 rings (SSSR count). The van der Waals surface area contributed by atoms with Crippen molar-refractivity contribution in [3.8, 4) is 0 Å². The van der Waals surface area contributed by atoms with Crippen LogP contribution in [-0.2, 0) is 14.4 Å². The first-order valence-corrected chi connectivity index (χ1v) is 3.93. The molecule has 0 atom stereocenters. The van der Waals surface area contributed by atoms with E-state index < -0.39 is 17.8 Å². The number of imide groups is 2. The number of nitrogens with zero attached hydrogens (tertiary/aromatic N) is 1. The van der Waals surface area contributed by atoms with Crippen LogP contribution in [0.3, 0.4) is 0 Å². The monoisotopic (exact) mass is 199 g/mol. The van der Waals surface area contributed by atoms with Crippen molar-refractivity contribution >= 4 is 23.8 Å². The second-order valence-electron chi connectivity index (χ2n) is 2.64. The van der Waals surface area contributed by atoms with Crippen molar-refractivity contribution in [2.75, 3.05) is 13.6 Å². The first-order valence-electron chi connectivity index (χ1n) is 3.93. The molecule has 1 fully saturated rings. The van der Waals surface area contributed by atoms with E-state index in [0.717, 1.165) is 0 Å². The minimum Gasteiger partial charge on any atom is -0.359 e. The molecule has 0 aliphatic carbocycles. The third kappa shape index (κ3) is 1.87. The van der Waals surface area contributed by atoms with Crippen molar-refractivity contribution in [3.63, 3.8) is 0 Å². The fourth-order valence-corrected chi connectivity index (χ4v) is 0.974. The maximum absolute atomic E-state index is 11.0.